The molecule has 0 aliphatic carbocycles. The molecule has 1 N–H and O–H groups in total. The van der Waals surface area contributed by atoms with Crippen molar-refractivity contribution in [3.8, 4) is 0 Å². The van der Waals surface area contributed by atoms with E-state index in [4.69, 9.17) is 5.41 Å². The summed E-state index contributed by atoms with van der Waals surface area (Å²) in [7, 11) is 0.496. The number of benzene rings is 2. The topological polar surface area (TPSA) is 50.6 Å². The molecule has 0 bridgehead atoms. The van der Waals surface area contributed by atoms with E-state index in [9.17, 15) is 18.0 Å². The van der Waals surface area contributed by atoms with Gasteiger partial charge in [0.05, 0.1) is 25.2 Å². The predicted molar refractivity (Wildman–Crippen MR) is 127 cm³/mol. The van der Waals surface area contributed by atoms with Gasteiger partial charge in [0, 0.05) is 27.1 Å². The molecular formula is C24H29F3N4OSi. The number of piperazine rings is 1. The van der Waals surface area contributed by atoms with Crippen LogP contribution in [0.25, 0.3) is 0 Å². The zero-order valence-corrected chi connectivity index (χ0v) is 21.3. The van der Waals surface area contributed by atoms with E-state index in [1.807, 2.05) is 56.0 Å². The summed E-state index contributed by atoms with van der Waals surface area (Å²) in [5.74, 6) is 0.308. The van der Waals surface area contributed by atoms with Crippen LogP contribution in [0.5, 0.6) is 0 Å². The fraction of sp³-hybridized carbons (Fsp3) is 0.417. The van der Waals surface area contributed by atoms with Gasteiger partial charge in [0.2, 0.25) is 5.91 Å². The lowest BCUT2D eigenvalue weighted by molar-refractivity contribution is -0.146. The van der Waals surface area contributed by atoms with Crippen molar-refractivity contribution in [1.29, 1.82) is 5.41 Å². The number of hydrogen-bond donors (Lipinski definition) is 1. The molecule has 1 spiro atoms. The van der Waals surface area contributed by atoms with Crippen LogP contribution < -0.4 is 4.90 Å². The van der Waals surface area contributed by atoms with E-state index in [2.05, 4.69) is 4.90 Å². The first-order valence-electron chi connectivity index (χ1n) is 11.0. The fourth-order valence-corrected chi connectivity index (χ4v) is 6.10. The molecule has 2 heterocycles. The number of carbonyl (C=O) groups excluding carboxylic acids is 1. The molecule has 2 fully saturated rings. The molecule has 2 saturated heterocycles. The van der Waals surface area contributed by atoms with Gasteiger partial charge in [-0.25, -0.2) is 0 Å². The van der Waals surface area contributed by atoms with E-state index < -0.39 is 22.4 Å². The van der Waals surface area contributed by atoms with Gasteiger partial charge < -0.3 is 14.7 Å². The maximum absolute atomic E-state index is 13.6. The minimum atomic E-state index is -4.41. The number of rotatable bonds is 4. The molecule has 176 valence electrons. The molecule has 2 aromatic rings. The van der Waals surface area contributed by atoms with Crippen LogP contribution in [0, 0.1) is 5.41 Å². The van der Waals surface area contributed by atoms with Crippen molar-refractivity contribution in [1.82, 2.24) is 9.80 Å². The quantitative estimate of drug-likeness (QED) is 0.693. The Morgan fingerprint density at radius 1 is 1.00 bits per heavy atom. The van der Waals surface area contributed by atoms with Crippen molar-refractivity contribution in [3.05, 3.63) is 65.7 Å². The Balaban J connectivity index is 1.73. The highest BCUT2D eigenvalue weighted by Gasteiger charge is 2.61. The molecule has 1 amide bonds. The monoisotopic (exact) mass is 474 g/mol. The third kappa shape index (κ3) is 3.82. The summed E-state index contributed by atoms with van der Waals surface area (Å²) in [6.07, 6.45) is -4.41. The lowest BCUT2D eigenvalue weighted by atomic mass is 9.80. The molecule has 0 aromatic heterocycles. The summed E-state index contributed by atoms with van der Waals surface area (Å²) >= 11 is 0. The molecule has 2 aliphatic rings. The summed E-state index contributed by atoms with van der Waals surface area (Å²) < 4.78 is 39.3. The smallest absolute Gasteiger partial charge is 0.366 e. The second-order valence-corrected chi connectivity index (χ2v) is 11.6. The van der Waals surface area contributed by atoms with Crippen LogP contribution >= 0.6 is 0 Å². The average Bonchev–Trinajstić information content (AvgIpc) is 2.73. The molecule has 0 unspecified atom stereocenters. The standard InChI is InChI=1S/C24H29F3N4OSi/c1-16(2)30-13-20(32)31(22(3,33)17-9-11-18(12-10-17)24(25,26)27)23(21(30)28)14-29(15-23)19-7-5-4-6-8-19/h4-12,16,28H,13-15H2,1-3,33H3/t22-/m0/s1. The highest BCUT2D eigenvalue weighted by atomic mass is 28.1. The van der Waals surface area contributed by atoms with Crippen LogP contribution in [0.3, 0.4) is 0 Å². The molecule has 4 rings (SSSR count). The summed E-state index contributed by atoms with van der Waals surface area (Å²) in [6.45, 7) is 6.89. The van der Waals surface area contributed by atoms with Gasteiger partial charge in [-0.15, -0.1) is 0 Å². The van der Waals surface area contributed by atoms with Crippen molar-refractivity contribution >= 4 is 27.7 Å². The van der Waals surface area contributed by atoms with Crippen molar-refractivity contribution in [3.63, 3.8) is 0 Å². The van der Waals surface area contributed by atoms with Crippen LogP contribution in [0.15, 0.2) is 54.6 Å². The SMILES string of the molecule is CC(C)N1CC(=O)N([C@@](C)([SiH3])c2ccc(C(F)(F)F)cc2)C2(CN(c3ccccc3)C2)C1=N. The Kier molecular flexibility index (Phi) is 5.59. The maximum atomic E-state index is 13.6. The number of alkyl halides is 3. The normalized spacial score (nSPS) is 20.4. The molecule has 33 heavy (non-hydrogen) atoms. The van der Waals surface area contributed by atoms with Crippen molar-refractivity contribution < 1.29 is 18.0 Å². The van der Waals surface area contributed by atoms with Gasteiger partial charge in [0.15, 0.2) is 0 Å². The Morgan fingerprint density at radius 2 is 1.55 bits per heavy atom. The lowest BCUT2D eigenvalue weighted by Crippen LogP contribution is -2.83. The second kappa shape index (κ2) is 7.90. The molecule has 0 saturated carbocycles. The maximum Gasteiger partial charge on any atom is 0.416 e. The summed E-state index contributed by atoms with van der Waals surface area (Å²) in [5.41, 5.74) is 0.156. The van der Waals surface area contributed by atoms with E-state index in [0.29, 0.717) is 34.7 Å². The lowest BCUT2D eigenvalue weighted by Gasteiger charge is -2.64. The zero-order chi connectivity index (χ0) is 24.2. The van der Waals surface area contributed by atoms with E-state index in [1.165, 1.54) is 12.1 Å². The Morgan fingerprint density at radius 3 is 2.06 bits per heavy atom. The number of para-hydroxylation sites is 1. The van der Waals surface area contributed by atoms with E-state index in [0.717, 1.165) is 17.8 Å². The molecule has 0 radical (unpaired) electrons. The third-order valence-corrected chi connectivity index (χ3v) is 7.86. The fourth-order valence-electron chi connectivity index (χ4n) is 5.09. The third-order valence-electron chi connectivity index (χ3n) is 6.84. The predicted octanol–water partition coefficient (Wildman–Crippen LogP) is 3.03. The van der Waals surface area contributed by atoms with E-state index in [1.54, 1.807) is 4.90 Å². The molecule has 2 aliphatic heterocycles. The number of amidine groups is 1. The number of carbonyl (C=O) groups is 1. The Bertz CT molecular complexity index is 1050. The Labute approximate surface area is 195 Å². The van der Waals surface area contributed by atoms with E-state index >= 15 is 0 Å². The molecule has 9 heteroatoms. The van der Waals surface area contributed by atoms with Gasteiger partial charge in [-0.2, -0.15) is 13.2 Å². The summed E-state index contributed by atoms with van der Waals surface area (Å²) in [5, 5.41) is 8.32. The van der Waals surface area contributed by atoms with Gasteiger partial charge in [-0.3, -0.25) is 10.2 Å². The van der Waals surface area contributed by atoms with Gasteiger partial charge in [0.25, 0.3) is 0 Å². The average molecular weight is 475 g/mol. The molecular weight excluding hydrogens is 445 g/mol. The van der Waals surface area contributed by atoms with Gasteiger partial charge >= 0.3 is 6.18 Å². The zero-order valence-electron chi connectivity index (χ0n) is 19.3. The van der Waals surface area contributed by atoms with Crippen LogP contribution in [0.1, 0.15) is 31.9 Å². The molecule has 1 atom stereocenters. The number of amides is 1. The van der Waals surface area contributed by atoms with Crippen LogP contribution in [0.2, 0.25) is 0 Å². The molecule has 2 aromatic carbocycles. The minimum absolute atomic E-state index is 0.00215. The summed E-state index contributed by atoms with van der Waals surface area (Å²) in [6, 6.07) is 15.0. The van der Waals surface area contributed by atoms with Crippen molar-refractivity contribution in [2.75, 3.05) is 24.5 Å². The number of nitrogens with zero attached hydrogens (tertiary/aromatic N) is 3. The van der Waals surface area contributed by atoms with Gasteiger partial charge in [-0.05, 0) is 50.6 Å². The number of hydrogen-bond acceptors (Lipinski definition) is 3. The Hall–Kier alpha value is -2.81. The van der Waals surface area contributed by atoms with Gasteiger partial charge in [0.1, 0.15) is 11.4 Å². The largest absolute Gasteiger partial charge is 0.416 e. The minimum Gasteiger partial charge on any atom is -0.366 e. The van der Waals surface area contributed by atoms with Crippen molar-refractivity contribution in [2.45, 2.75) is 43.7 Å². The summed E-state index contributed by atoms with van der Waals surface area (Å²) in [4.78, 5) is 19.3. The first-order valence-corrected chi connectivity index (χ1v) is 12.0. The van der Waals surface area contributed by atoms with Crippen LogP contribution in [-0.4, -0.2) is 63.0 Å². The number of nitrogens with one attached hydrogen (secondary N) is 1. The highest BCUT2D eigenvalue weighted by molar-refractivity contribution is 6.18. The first-order chi connectivity index (χ1) is 15.4. The van der Waals surface area contributed by atoms with Crippen molar-refractivity contribution in [2.24, 2.45) is 0 Å². The highest BCUT2D eigenvalue weighted by Crippen LogP contribution is 2.43. The number of halogens is 3. The first kappa shape index (κ1) is 23.3. The van der Waals surface area contributed by atoms with E-state index in [-0.39, 0.29) is 18.5 Å². The van der Waals surface area contributed by atoms with Gasteiger partial charge in [-0.1, -0.05) is 30.3 Å². The second-order valence-electron chi connectivity index (χ2n) is 9.66. The molecule has 5 nitrogen and oxygen atoms in total. The number of anilines is 1. The van der Waals surface area contributed by atoms with Crippen LogP contribution in [0.4, 0.5) is 18.9 Å². The van der Waals surface area contributed by atoms with Crippen LogP contribution in [-0.2, 0) is 16.1 Å².